The van der Waals surface area contributed by atoms with Crippen LogP contribution < -0.4 is 4.74 Å². The van der Waals surface area contributed by atoms with E-state index in [1.54, 1.807) is 7.11 Å². The largest absolute Gasteiger partial charge is 0.496 e. The average molecular weight is 405 g/mol. The van der Waals surface area contributed by atoms with Crippen LogP contribution in [-0.2, 0) is 0 Å². The highest BCUT2D eigenvalue weighted by molar-refractivity contribution is 9.10. The summed E-state index contributed by atoms with van der Waals surface area (Å²) in [5.41, 5.74) is 3.21. The maximum absolute atomic E-state index is 6.25. The first-order valence-electron chi connectivity index (χ1n) is 5.77. The maximum Gasteiger partial charge on any atom is 0.123 e. The van der Waals surface area contributed by atoms with Crippen molar-refractivity contribution in [3.05, 3.63) is 62.6 Å². The summed E-state index contributed by atoms with van der Waals surface area (Å²) >= 11 is 13.5. The minimum atomic E-state index is -0.00644. The number of aryl methyl sites for hydroxylation is 1. The van der Waals surface area contributed by atoms with Crippen LogP contribution in [0.1, 0.15) is 21.5 Å². The molecule has 0 aliphatic carbocycles. The number of hydrogen-bond donors (Lipinski definition) is 0. The molecular weight excluding hydrogens is 391 g/mol. The van der Waals surface area contributed by atoms with Crippen LogP contribution in [0, 0.1) is 6.92 Å². The average Bonchev–Trinajstić information content (AvgIpc) is 2.41. The molecule has 1 atom stereocenters. The molecular formula is C15H13Br2ClO. The van der Waals surface area contributed by atoms with Crippen molar-refractivity contribution in [3.63, 3.8) is 0 Å². The fraction of sp³-hybridized carbons (Fsp3) is 0.200. The van der Waals surface area contributed by atoms with Gasteiger partial charge < -0.3 is 4.74 Å². The monoisotopic (exact) mass is 402 g/mol. The summed E-state index contributed by atoms with van der Waals surface area (Å²) in [4.78, 5) is -0.00644. The molecule has 2 rings (SSSR count). The van der Waals surface area contributed by atoms with Gasteiger partial charge in [-0.25, -0.2) is 0 Å². The van der Waals surface area contributed by atoms with Gasteiger partial charge in [-0.3, -0.25) is 0 Å². The van der Waals surface area contributed by atoms with Gasteiger partial charge in [0.05, 0.1) is 11.9 Å². The summed E-state index contributed by atoms with van der Waals surface area (Å²) in [5.74, 6) is 0.850. The van der Waals surface area contributed by atoms with Crippen LogP contribution in [0.3, 0.4) is 0 Å². The quantitative estimate of drug-likeness (QED) is 0.579. The molecule has 1 nitrogen and oxygen atoms in total. The SMILES string of the molecule is COc1cc(C)c(Br)cc1C(Br)c1ccccc1Cl. The first-order chi connectivity index (χ1) is 9.04. The molecule has 2 aromatic rings. The number of benzene rings is 2. The first kappa shape index (κ1) is 14.9. The standard InChI is InChI=1S/C15H13Br2ClO/c1-9-7-14(19-2)11(8-12(9)16)15(17)10-5-3-4-6-13(10)18/h3-8,15H,1-2H3. The highest BCUT2D eigenvalue weighted by atomic mass is 79.9. The molecule has 2 aromatic carbocycles. The molecule has 4 heteroatoms. The molecule has 0 N–H and O–H groups in total. The second-order valence-electron chi connectivity index (χ2n) is 4.23. The zero-order chi connectivity index (χ0) is 14.0. The third-order valence-electron chi connectivity index (χ3n) is 2.96. The van der Waals surface area contributed by atoms with Gasteiger partial charge in [0.25, 0.3) is 0 Å². The van der Waals surface area contributed by atoms with Gasteiger partial charge in [-0.05, 0) is 36.2 Å². The molecule has 0 aromatic heterocycles. The van der Waals surface area contributed by atoms with Gasteiger partial charge in [0, 0.05) is 15.1 Å². The van der Waals surface area contributed by atoms with E-state index in [4.69, 9.17) is 16.3 Å². The van der Waals surface area contributed by atoms with Gasteiger partial charge in [0.2, 0.25) is 0 Å². The third kappa shape index (κ3) is 3.15. The fourth-order valence-corrected chi connectivity index (χ4v) is 3.39. The van der Waals surface area contributed by atoms with E-state index in [-0.39, 0.29) is 4.83 Å². The Bertz CT molecular complexity index is 599. The Balaban J connectivity index is 2.52. The van der Waals surface area contributed by atoms with Crippen LogP contribution >= 0.6 is 43.5 Å². The zero-order valence-corrected chi connectivity index (χ0v) is 14.5. The molecule has 0 radical (unpaired) electrons. The molecule has 1 unspecified atom stereocenters. The van der Waals surface area contributed by atoms with Gasteiger partial charge in [-0.2, -0.15) is 0 Å². The molecule has 0 heterocycles. The lowest BCUT2D eigenvalue weighted by molar-refractivity contribution is 0.410. The number of halogens is 3. The molecule has 0 saturated heterocycles. The Kier molecular flexibility index (Phi) is 4.93. The molecule has 0 spiro atoms. The van der Waals surface area contributed by atoms with Crippen LogP contribution in [0.2, 0.25) is 5.02 Å². The van der Waals surface area contributed by atoms with Crippen molar-refractivity contribution in [1.29, 1.82) is 0 Å². The van der Waals surface area contributed by atoms with E-state index in [0.717, 1.165) is 31.9 Å². The molecule has 0 saturated carbocycles. The minimum absolute atomic E-state index is 0.00644. The van der Waals surface area contributed by atoms with Crippen molar-refractivity contribution in [3.8, 4) is 5.75 Å². The zero-order valence-electron chi connectivity index (χ0n) is 10.6. The summed E-state index contributed by atoms with van der Waals surface area (Å²) < 4.78 is 6.53. The van der Waals surface area contributed by atoms with Crippen LogP contribution in [0.4, 0.5) is 0 Å². The molecule has 100 valence electrons. The third-order valence-corrected chi connectivity index (χ3v) is 5.15. The predicted molar refractivity (Wildman–Crippen MR) is 87.7 cm³/mol. The fourth-order valence-electron chi connectivity index (χ4n) is 1.89. The van der Waals surface area contributed by atoms with Crippen molar-refractivity contribution in [1.82, 2.24) is 0 Å². The predicted octanol–water partition coefficient (Wildman–Crippen LogP) is 5.90. The van der Waals surface area contributed by atoms with Crippen molar-refractivity contribution in [2.45, 2.75) is 11.8 Å². The van der Waals surface area contributed by atoms with Crippen LogP contribution in [0.5, 0.6) is 5.75 Å². The van der Waals surface area contributed by atoms with Crippen molar-refractivity contribution in [2.24, 2.45) is 0 Å². The van der Waals surface area contributed by atoms with E-state index in [9.17, 15) is 0 Å². The van der Waals surface area contributed by atoms with Crippen LogP contribution in [-0.4, -0.2) is 7.11 Å². The Hall–Kier alpha value is -0.510. The van der Waals surface area contributed by atoms with E-state index < -0.39 is 0 Å². The highest BCUT2D eigenvalue weighted by Crippen LogP contribution is 2.41. The van der Waals surface area contributed by atoms with E-state index in [0.29, 0.717) is 0 Å². The Morgan fingerprint density at radius 3 is 2.47 bits per heavy atom. The van der Waals surface area contributed by atoms with E-state index >= 15 is 0 Å². The van der Waals surface area contributed by atoms with E-state index in [1.165, 1.54) is 0 Å². The molecule has 19 heavy (non-hydrogen) atoms. The maximum atomic E-state index is 6.25. The second-order valence-corrected chi connectivity index (χ2v) is 6.40. The Morgan fingerprint density at radius 1 is 1.16 bits per heavy atom. The number of rotatable bonds is 3. The van der Waals surface area contributed by atoms with Gasteiger partial charge in [0.15, 0.2) is 0 Å². The minimum Gasteiger partial charge on any atom is -0.496 e. The summed E-state index contributed by atoms with van der Waals surface area (Å²) in [6, 6.07) is 11.9. The number of methoxy groups -OCH3 is 1. The van der Waals surface area contributed by atoms with Crippen LogP contribution in [0.25, 0.3) is 0 Å². The normalized spacial score (nSPS) is 12.3. The van der Waals surface area contributed by atoms with Crippen molar-refractivity contribution < 1.29 is 4.74 Å². The lowest BCUT2D eigenvalue weighted by Crippen LogP contribution is -1.99. The van der Waals surface area contributed by atoms with Crippen LogP contribution in [0.15, 0.2) is 40.9 Å². The lowest BCUT2D eigenvalue weighted by Gasteiger charge is -2.17. The summed E-state index contributed by atoms with van der Waals surface area (Å²) in [6.07, 6.45) is 0. The van der Waals surface area contributed by atoms with E-state index in [1.807, 2.05) is 37.3 Å². The first-order valence-corrected chi connectivity index (χ1v) is 7.85. The lowest BCUT2D eigenvalue weighted by atomic mass is 10.0. The summed E-state index contributed by atoms with van der Waals surface area (Å²) in [7, 11) is 1.68. The molecule has 0 fully saturated rings. The van der Waals surface area contributed by atoms with Gasteiger partial charge >= 0.3 is 0 Å². The topological polar surface area (TPSA) is 9.23 Å². The summed E-state index contributed by atoms with van der Waals surface area (Å²) in [5, 5.41) is 0.739. The smallest absolute Gasteiger partial charge is 0.123 e. The summed E-state index contributed by atoms with van der Waals surface area (Å²) in [6.45, 7) is 2.04. The van der Waals surface area contributed by atoms with Crippen molar-refractivity contribution >= 4 is 43.5 Å². The highest BCUT2D eigenvalue weighted by Gasteiger charge is 2.18. The number of alkyl halides is 1. The number of ether oxygens (including phenoxy) is 1. The van der Waals surface area contributed by atoms with Gasteiger partial charge in [-0.1, -0.05) is 61.7 Å². The number of hydrogen-bond acceptors (Lipinski definition) is 1. The Morgan fingerprint density at radius 2 is 1.84 bits per heavy atom. The molecule has 0 bridgehead atoms. The molecule has 0 aliphatic rings. The van der Waals surface area contributed by atoms with E-state index in [2.05, 4.69) is 37.9 Å². The second kappa shape index (κ2) is 6.29. The molecule has 0 aliphatic heterocycles. The Labute approximate surface area is 135 Å². The molecule has 0 amide bonds. The van der Waals surface area contributed by atoms with Crippen molar-refractivity contribution in [2.75, 3.05) is 7.11 Å². The van der Waals surface area contributed by atoms with Gasteiger partial charge in [0.1, 0.15) is 5.75 Å². The van der Waals surface area contributed by atoms with Gasteiger partial charge in [-0.15, -0.1) is 0 Å².